The highest BCUT2D eigenvalue weighted by molar-refractivity contribution is 14.0. The topological polar surface area (TPSA) is 85.0 Å². The lowest BCUT2D eigenvalue weighted by Crippen LogP contribution is -2.39. The van der Waals surface area contributed by atoms with Crippen molar-refractivity contribution in [3.8, 4) is 0 Å². The molecule has 158 valence electrons. The van der Waals surface area contributed by atoms with E-state index in [1.165, 1.54) is 5.52 Å². The average molecular weight is 510 g/mol. The summed E-state index contributed by atoms with van der Waals surface area (Å²) in [7, 11) is 0. The Balaban J connectivity index is 0.00000300. The third-order valence-electron chi connectivity index (χ3n) is 4.66. The summed E-state index contributed by atoms with van der Waals surface area (Å²) in [6.07, 6.45) is 3.63. The second kappa shape index (κ2) is 11.7. The van der Waals surface area contributed by atoms with Crippen LogP contribution < -0.4 is 10.6 Å². The van der Waals surface area contributed by atoms with E-state index in [0.717, 1.165) is 68.7 Å². The molecule has 0 spiro atoms. The molecule has 0 radical (unpaired) electrons. The summed E-state index contributed by atoms with van der Waals surface area (Å²) in [5.74, 6) is 2.91. The molecule has 0 aliphatic carbocycles. The van der Waals surface area contributed by atoms with Crippen LogP contribution in [0, 0.1) is 6.92 Å². The first-order valence-electron chi connectivity index (χ1n) is 10.0. The van der Waals surface area contributed by atoms with Crippen LogP contribution in [0.5, 0.6) is 0 Å². The molecule has 1 aromatic carbocycles. The van der Waals surface area contributed by atoms with Crippen molar-refractivity contribution in [1.82, 2.24) is 34.9 Å². The zero-order valence-electron chi connectivity index (χ0n) is 17.4. The zero-order valence-corrected chi connectivity index (χ0v) is 19.8. The van der Waals surface area contributed by atoms with Gasteiger partial charge in [-0.15, -0.1) is 34.2 Å². The Hall–Kier alpha value is -2.17. The Morgan fingerprint density at radius 1 is 1.14 bits per heavy atom. The number of imidazole rings is 1. The molecule has 0 bridgehead atoms. The Morgan fingerprint density at radius 3 is 2.76 bits per heavy atom. The summed E-state index contributed by atoms with van der Waals surface area (Å²) in [5.41, 5.74) is 2.24. The van der Waals surface area contributed by atoms with Crippen molar-refractivity contribution in [2.45, 2.75) is 46.7 Å². The molecule has 8 nitrogen and oxygen atoms in total. The van der Waals surface area contributed by atoms with Gasteiger partial charge in [-0.25, -0.2) is 4.98 Å². The van der Waals surface area contributed by atoms with E-state index >= 15 is 0 Å². The summed E-state index contributed by atoms with van der Waals surface area (Å²) in [6.45, 7) is 10.3. The summed E-state index contributed by atoms with van der Waals surface area (Å²) in [4.78, 5) is 9.33. The molecule has 0 saturated heterocycles. The zero-order chi connectivity index (χ0) is 19.8. The van der Waals surface area contributed by atoms with Gasteiger partial charge in [0, 0.05) is 39.1 Å². The fourth-order valence-electron chi connectivity index (χ4n) is 3.27. The lowest BCUT2D eigenvalue weighted by atomic mass is 10.3. The predicted molar refractivity (Wildman–Crippen MR) is 128 cm³/mol. The highest BCUT2D eigenvalue weighted by atomic mass is 127. The fourth-order valence-corrected chi connectivity index (χ4v) is 3.27. The number of fused-ring (bicyclic) bond motifs is 1. The highest BCUT2D eigenvalue weighted by Gasteiger charge is 2.06. The van der Waals surface area contributed by atoms with E-state index in [1.807, 2.05) is 6.07 Å². The molecular weight excluding hydrogens is 479 g/mol. The average Bonchev–Trinajstić information content (AvgIpc) is 3.28. The lowest BCUT2D eigenvalue weighted by molar-refractivity contribution is 0.626. The van der Waals surface area contributed by atoms with Crippen LogP contribution in [0.2, 0.25) is 0 Å². The molecule has 0 amide bonds. The first kappa shape index (κ1) is 23.1. The molecule has 29 heavy (non-hydrogen) atoms. The first-order chi connectivity index (χ1) is 13.7. The molecular formula is C20H31IN8. The molecule has 0 saturated carbocycles. The number of aliphatic imine (C=N–C) groups is 1. The molecule has 0 aliphatic heterocycles. The van der Waals surface area contributed by atoms with Crippen molar-refractivity contribution >= 4 is 41.0 Å². The maximum Gasteiger partial charge on any atom is 0.191 e. The van der Waals surface area contributed by atoms with Crippen LogP contribution >= 0.6 is 24.0 Å². The highest BCUT2D eigenvalue weighted by Crippen LogP contribution is 2.15. The third kappa shape index (κ3) is 6.15. The molecule has 0 fully saturated rings. The number of para-hydroxylation sites is 2. The number of halogens is 1. The van der Waals surface area contributed by atoms with Crippen LogP contribution in [0.25, 0.3) is 11.0 Å². The molecule has 9 heteroatoms. The van der Waals surface area contributed by atoms with Crippen LogP contribution in [0.15, 0.2) is 35.6 Å². The van der Waals surface area contributed by atoms with Gasteiger partial charge in [-0.3, -0.25) is 4.99 Å². The minimum absolute atomic E-state index is 0. The van der Waals surface area contributed by atoms with E-state index in [4.69, 9.17) is 4.99 Å². The predicted octanol–water partition coefficient (Wildman–Crippen LogP) is 2.76. The summed E-state index contributed by atoms with van der Waals surface area (Å²) < 4.78 is 4.34. The van der Waals surface area contributed by atoms with E-state index < -0.39 is 0 Å². The van der Waals surface area contributed by atoms with Crippen molar-refractivity contribution in [2.75, 3.05) is 19.6 Å². The minimum atomic E-state index is 0. The van der Waals surface area contributed by atoms with Crippen LogP contribution in [0.1, 0.15) is 31.9 Å². The van der Waals surface area contributed by atoms with E-state index in [9.17, 15) is 0 Å². The first-order valence-corrected chi connectivity index (χ1v) is 10.0. The number of guanidine groups is 1. The van der Waals surface area contributed by atoms with Crippen LogP contribution in [0.4, 0.5) is 0 Å². The summed E-state index contributed by atoms with van der Waals surface area (Å²) >= 11 is 0. The van der Waals surface area contributed by atoms with Crippen molar-refractivity contribution in [1.29, 1.82) is 0 Å². The van der Waals surface area contributed by atoms with Gasteiger partial charge in [0.05, 0.1) is 11.0 Å². The molecule has 3 rings (SSSR count). The van der Waals surface area contributed by atoms with Crippen LogP contribution in [-0.2, 0) is 19.5 Å². The van der Waals surface area contributed by atoms with Gasteiger partial charge >= 0.3 is 0 Å². The number of nitrogens with one attached hydrogen (secondary N) is 2. The van der Waals surface area contributed by atoms with Crippen molar-refractivity contribution in [3.63, 3.8) is 0 Å². The lowest BCUT2D eigenvalue weighted by Gasteiger charge is -2.12. The summed E-state index contributed by atoms with van der Waals surface area (Å²) in [5, 5.41) is 14.8. The smallest absolute Gasteiger partial charge is 0.191 e. The number of nitrogens with zero attached hydrogens (tertiary/aromatic N) is 6. The van der Waals surface area contributed by atoms with Gasteiger partial charge in [0.2, 0.25) is 0 Å². The van der Waals surface area contributed by atoms with E-state index in [-0.39, 0.29) is 24.0 Å². The van der Waals surface area contributed by atoms with E-state index in [2.05, 4.69) is 73.9 Å². The fraction of sp³-hybridized carbons (Fsp3) is 0.500. The van der Waals surface area contributed by atoms with Gasteiger partial charge in [0.15, 0.2) is 5.96 Å². The SMILES string of the molecule is CCNC(=NCCCn1c(C)nc2ccccc21)NCCn1cnnc1CC.I. The van der Waals surface area contributed by atoms with Gasteiger partial charge in [-0.05, 0) is 32.4 Å². The van der Waals surface area contributed by atoms with E-state index in [1.54, 1.807) is 6.33 Å². The maximum atomic E-state index is 4.70. The molecule has 0 atom stereocenters. The molecule has 3 aromatic rings. The Kier molecular flexibility index (Phi) is 9.36. The number of rotatable bonds is 9. The van der Waals surface area contributed by atoms with Crippen LogP contribution in [0.3, 0.4) is 0 Å². The standard InChI is InChI=1S/C20H30N8.HI/c1-4-19-26-24-15-27(19)14-12-23-20(21-5-2)22-11-8-13-28-16(3)25-17-9-6-7-10-18(17)28;/h6-7,9-10,15H,4-5,8,11-14H2,1-3H3,(H2,21,22,23);1H. The van der Waals surface area contributed by atoms with Crippen LogP contribution in [-0.4, -0.2) is 49.9 Å². The Labute approximate surface area is 189 Å². The Bertz CT molecular complexity index is 914. The van der Waals surface area contributed by atoms with Gasteiger partial charge in [0.1, 0.15) is 18.0 Å². The largest absolute Gasteiger partial charge is 0.357 e. The molecule has 2 aromatic heterocycles. The van der Waals surface area contributed by atoms with E-state index in [0.29, 0.717) is 0 Å². The van der Waals surface area contributed by atoms with Crippen molar-refractivity contribution in [2.24, 2.45) is 4.99 Å². The van der Waals surface area contributed by atoms with Gasteiger partial charge < -0.3 is 19.8 Å². The Morgan fingerprint density at radius 2 is 1.97 bits per heavy atom. The number of aromatic nitrogens is 5. The number of hydrogen-bond acceptors (Lipinski definition) is 4. The molecule has 2 N–H and O–H groups in total. The second-order valence-corrected chi connectivity index (χ2v) is 6.63. The number of aryl methyl sites for hydroxylation is 3. The van der Waals surface area contributed by atoms with Gasteiger partial charge in [-0.2, -0.15) is 0 Å². The third-order valence-corrected chi connectivity index (χ3v) is 4.66. The van der Waals surface area contributed by atoms with Crippen molar-refractivity contribution in [3.05, 3.63) is 42.2 Å². The molecule has 0 unspecified atom stereocenters. The molecule has 0 aliphatic rings. The van der Waals surface area contributed by atoms with Crippen molar-refractivity contribution < 1.29 is 0 Å². The quantitative estimate of drug-likeness (QED) is 0.200. The number of benzene rings is 1. The minimum Gasteiger partial charge on any atom is -0.357 e. The van der Waals surface area contributed by atoms with Gasteiger partial charge in [-0.1, -0.05) is 19.1 Å². The maximum absolute atomic E-state index is 4.70. The second-order valence-electron chi connectivity index (χ2n) is 6.63. The molecule has 2 heterocycles. The number of hydrogen-bond donors (Lipinski definition) is 2. The normalized spacial score (nSPS) is 11.5. The summed E-state index contributed by atoms with van der Waals surface area (Å²) in [6, 6.07) is 8.27. The monoisotopic (exact) mass is 510 g/mol. The van der Waals surface area contributed by atoms with Gasteiger partial charge in [0.25, 0.3) is 0 Å².